The summed E-state index contributed by atoms with van der Waals surface area (Å²) in [7, 11) is 1.64. The summed E-state index contributed by atoms with van der Waals surface area (Å²) in [5, 5.41) is 5.17. The van der Waals surface area contributed by atoms with E-state index in [1.54, 1.807) is 44.4 Å². The number of halogens is 1. The lowest BCUT2D eigenvalue weighted by atomic mass is 9.96. The van der Waals surface area contributed by atoms with Crippen LogP contribution < -0.4 is 19.8 Å². The molecule has 4 aromatic rings. The molecule has 0 saturated carbocycles. The van der Waals surface area contributed by atoms with Crippen molar-refractivity contribution in [3.63, 3.8) is 0 Å². The number of para-hydroxylation sites is 1. The van der Waals surface area contributed by atoms with Gasteiger partial charge in [0.2, 0.25) is 0 Å². The summed E-state index contributed by atoms with van der Waals surface area (Å²) in [6.45, 7) is 9.53. The third-order valence-electron chi connectivity index (χ3n) is 6.09. The van der Waals surface area contributed by atoms with Gasteiger partial charge in [0.25, 0.3) is 5.56 Å². The highest BCUT2D eigenvalue weighted by Gasteiger charge is 2.19. The van der Waals surface area contributed by atoms with Crippen LogP contribution in [-0.2, 0) is 4.79 Å². The van der Waals surface area contributed by atoms with Gasteiger partial charge in [-0.15, -0.1) is 0 Å². The summed E-state index contributed by atoms with van der Waals surface area (Å²) < 4.78 is 17.8. The first-order chi connectivity index (χ1) is 18.6. The predicted molar refractivity (Wildman–Crippen MR) is 154 cm³/mol. The molecule has 0 aliphatic carbocycles. The van der Waals surface area contributed by atoms with Crippen LogP contribution in [0.4, 0.5) is 0 Å². The zero-order valence-corrected chi connectivity index (χ0v) is 23.5. The Kier molecular flexibility index (Phi) is 8.35. The van der Waals surface area contributed by atoms with Gasteiger partial charge in [-0.1, -0.05) is 37.6 Å². The maximum absolute atomic E-state index is 13.7. The minimum Gasteiger partial charge on any atom is -0.496 e. The van der Waals surface area contributed by atoms with Crippen molar-refractivity contribution < 1.29 is 19.0 Å². The van der Waals surface area contributed by atoms with Crippen LogP contribution in [0.5, 0.6) is 17.2 Å². The first-order valence-corrected chi connectivity index (χ1v) is 12.9. The van der Waals surface area contributed by atoms with Crippen LogP contribution >= 0.6 is 11.6 Å². The number of hydrogen-bond donors (Lipinski definition) is 0. The highest BCUT2D eigenvalue weighted by atomic mass is 35.5. The number of carbonyl (C=O) groups is 1. The molecule has 202 valence electrons. The third-order valence-corrected chi connectivity index (χ3v) is 6.37. The van der Waals surface area contributed by atoms with E-state index in [0.29, 0.717) is 34.6 Å². The van der Waals surface area contributed by atoms with Crippen LogP contribution in [0.2, 0.25) is 5.02 Å². The van der Waals surface area contributed by atoms with E-state index in [9.17, 15) is 9.59 Å². The van der Waals surface area contributed by atoms with Gasteiger partial charge in [-0.3, -0.25) is 9.59 Å². The molecule has 0 aliphatic rings. The van der Waals surface area contributed by atoms with E-state index in [2.05, 4.69) is 18.9 Å². The number of aromatic nitrogens is 2. The van der Waals surface area contributed by atoms with Gasteiger partial charge in [-0.2, -0.15) is 9.78 Å². The summed E-state index contributed by atoms with van der Waals surface area (Å²) in [6.07, 6.45) is 1.50. The molecule has 0 saturated heterocycles. The van der Waals surface area contributed by atoms with Gasteiger partial charge in [0.1, 0.15) is 5.75 Å². The number of rotatable bonds is 8. The van der Waals surface area contributed by atoms with Crippen molar-refractivity contribution in [2.24, 2.45) is 5.10 Å². The van der Waals surface area contributed by atoms with Crippen LogP contribution in [0.3, 0.4) is 0 Å². The lowest BCUT2D eigenvalue weighted by Crippen LogP contribution is -2.20. The van der Waals surface area contributed by atoms with Crippen LogP contribution in [-0.4, -0.2) is 35.6 Å². The van der Waals surface area contributed by atoms with Crippen molar-refractivity contribution in [1.82, 2.24) is 9.66 Å². The van der Waals surface area contributed by atoms with E-state index in [4.69, 9.17) is 30.8 Å². The van der Waals surface area contributed by atoms with E-state index in [1.807, 2.05) is 25.1 Å². The average Bonchev–Trinajstić information content (AvgIpc) is 2.89. The quantitative estimate of drug-likeness (QED) is 0.145. The molecule has 0 radical (unpaired) electrons. The molecule has 0 aliphatic heterocycles. The Labute approximate surface area is 231 Å². The van der Waals surface area contributed by atoms with Crippen molar-refractivity contribution in [3.8, 4) is 28.6 Å². The van der Waals surface area contributed by atoms with Crippen molar-refractivity contribution in [1.29, 1.82) is 0 Å². The van der Waals surface area contributed by atoms with E-state index in [-0.39, 0.29) is 22.2 Å². The van der Waals surface area contributed by atoms with Gasteiger partial charge >= 0.3 is 5.97 Å². The van der Waals surface area contributed by atoms with Gasteiger partial charge in [0.05, 0.1) is 35.9 Å². The number of fused-ring (bicyclic) bond motifs is 1. The predicted octanol–water partition coefficient (Wildman–Crippen LogP) is 6.36. The summed E-state index contributed by atoms with van der Waals surface area (Å²) in [5.41, 5.74) is 3.43. The fourth-order valence-electron chi connectivity index (χ4n) is 4.26. The topological polar surface area (TPSA) is 92.0 Å². The molecule has 0 N–H and O–H groups in total. The summed E-state index contributed by atoms with van der Waals surface area (Å²) >= 11 is 6.42. The second-order valence-corrected chi connectivity index (χ2v) is 9.64. The van der Waals surface area contributed by atoms with Crippen LogP contribution in [0.1, 0.15) is 50.3 Å². The maximum atomic E-state index is 13.7. The number of carbonyl (C=O) groups excluding carboxylic acids is 1. The fraction of sp³-hybridized carbons (Fsp3) is 0.267. The Morgan fingerprint density at radius 2 is 1.90 bits per heavy atom. The minimum atomic E-state index is -0.520. The monoisotopic (exact) mass is 547 g/mol. The van der Waals surface area contributed by atoms with Gasteiger partial charge in [0, 0.05) is 12.5 Å². The van der Waals surface area contributed by atoms with Crippen LogP contribution in [0.25, 0.3) is 22.3 Å². The van der Waals surface area contributed by atoms with Gasteiger partial charge in [-0.25, -0.2) is 4.98 Å². The lowest BCUT2D eigenvalue weighted by molar-refractivity contribution is -0.132. The Balaban J connectivity index is 1.93. The lowest BCUT2D eigenvalue weighted by Gasteiger charge is -2.17. The van der Waals surface area contributed by atoms with Gasteiger partial charge < -0.3 is 14.2 Å². The second-order valence-electron chi connectivity index (χ2n) is 9.23. The van der Waals surface area contributed by atoms with E-state index in [1.165, 1.54) is 17.8 Å². The highest BCUT2D eigenvalue weighted by Crippen LogP contribution is 2.37. The molecule has 1 aromatic heterocycles. The smallest absolute Gasteiger partial charge is 0.308 e. The molecule has 0 atom stereocenters. The van der Waals surface area contributed by atoms with Crippen molar-refractivity contribution in [2.75, 3.05) is 13.7 Å². The Bertz CT molecular complexity index is 1640. The first-order valence-electron chi connectivity index (χ1n) is 12.5. The average molecular weight is 548 g/mol. The SMILES string of the molecule is CCOc1cc(C=Nn2c(-c3cc(C(C)C)c(OC)cc3C)nc3ccccc3c2=O)cc(Cl)c1OC(C)=O. The summed E-state index contributed by atoms with van der Waals surface area (Å²) in [4.78, 5) is 30.1. The Morgan fingerprint density at radius 3 is 2.56 bits per heavy atom. The molecule has 0 unspecified atom stereocenters. The molecule has 39 heavy (non-hydrogen) atoms. The van der Waals surface area contributed by atoms with E-state index >= 15 is 0 Å². The standard InChI is InChI=1S/C30H30ClN3O5/c1-7-38-27-14-20(13-24(31)28(27)39-19(5)35)16-32-34-29(33-25-11-9-8-10-21(25)30(34)36)23-15-22(17(2)3)26(37-6)12-18(23)4/h8-17H,7H2,1-6H3. The van der Waals surface area contributed by atoms with Crippen LogP contribution in [0, 0.1) is 6.92 Å². The zero-order valence-electron chi connectivity index (χ0n) is 22.7. The number of methoxy groups -OCH3 is 1. The van der Waals surface area contributed by atoms with E-state index < -0.39 is 5.97 Å². The molecule has 0 spiro atoms. The largest absolute Gasteiger partial charge is 0.496 e. The molecule has 4 rings (SSSR count). The van der Waals surface area contributed by atoms with Gasteiger partial charge in [0.15, 0.2) is 17.3 Å². The Hall–Kier alpha value is -4.17. The molecule has 3 aromatic carbocycles. The number of nitrogens with zero attached hydrogens (tertiary/aromatic N) is 3. The summed E-state index contributed by atoms with van der Waals surface area (Å²) in [5.74, 6) is 1.24. The normalized spacial score (nSPS) is 11.4. The fourth-order valence-corrected chi connectivity index (χ4v) is 4.52. The highest BCUT2D eigenvalue weighted by molar-refractivity contribution is 6.32. The Morgan fingerprint density at radius 1 is 1.15 bits per heavy atom. The maximum Gasteiger partial charge on any atom is 0.308 e. The number of esters is 1. The third kappa shape index (κ3) is 5.81. The minimum absolute atomic E-state index is 0.128. The van der Waals surface area contributed by atoms with Crippen LogP contribution in [0.15, 0.2) is 58.4 Å². The van der Waals surface area contributed by atoms with Crippen molar-refractivity contribution in [3.05, 3.63) is 80.6 Å². The molecule has 0 amide bonds. The molecule has 8 nitrogen and oxygen atoms in total. The number of hydrogen-bond acceptors (Lipinski definition) is 7. The second kappa shape index (κ2) is 11.7. The zero-order chi connectivity index (χ0) is 28.3. The molecule has 1 heterocycles. The number of ether oxygens (including phenoxy) is 3. The van der Waals surface area contributed by atoms with Gasteiger partial charge in [-0.05, 0) is 72.9 Å². The first kappa shape index (κ1) is 27.9. The molecule has 0 fully saturated rings. The van der Waals surface area contributed by atoms with Crippen molar-refractivity contribution >= 4 is 34.7 Å². The molecular weight excluding hydrogens is 518 g/mol. The number of benzene rings is 3. The van der Waals surface area contributed by atoms with Crippen molar-refractivity contribution in [2.45, 2.75) is 40.5 Å². The molecule has 9 heteroatoms. The summed E-state index contributed by atoms with van der Waals surface area (Å²) in [6, 6.07) is 14.3. The number of aryl methyl sites for hydroxylation is 1. The molecule has 0 bridgehead atoms. The van der Waals surface area contributed by atoms with E-state index in [0.717, 1.165) is 22.4 Å². The molecular formula is C30H30ClN3O5.